The molecule has 0 bridgehead atoms. The van der Waals surface area contributed by atoms with Crippen LogP contribution >= 0.6 is 0 Å². The van der Waals surface area contributed by atoms with Gasteiger partial charge in [0.15, 0.2) is 0 Å². The maximum atomic E-state index is 12.6. The molecule has 1 aromatic heterocycles. The SMILES string of the molecule is COCC(N)CN1CCn2c(nnc2C(F)(F)F)C1. The summed E-state index contributed by atoms with van der Waals surface area (Å²) >= 11 is 0. The van der Waals surface area contributed by atoms with Gasteiger partial charge in [-0.3, -0.25) is 4.90 Å². The Hall–Kier alpha value is -1.19. The minimum Gasteiger partial charge on any atom is -0.383 e. The van der Waals surface area contributed by atoms with Crippen LogP contribution in [0, 0.1) is 0 Å². The standard InChI is InChI=1S/C10H16F3N5O/c1-19-6-7(14)4-17-2-3-18-8(5-17)15-16-9(18)10(11,12)13/h7H,2-6,14H2,1H3. The lowest BCUT2D eigenvalue weighted by Gasteiger charge is -2.29. The van der Waals surface area contributed by atoms with Crippen LogP contribution in [0.3, 0.4) is 0 Å². The van der Waals surface area contributed by atoms with Gasteiger partial charge in [0.2, 0.25) is 5.82 Å². The molecule has 0 fully saturated rings. The van der Waals surface area contributed by atoms with Crippen LogP contribution in [-0.4, -0.2) is 52.5 Å². The van der Waals surface area contributed by atoms with E-state index in [-0.39, 0.29) is 12.6 Å². The second kappa shape index (κ2) is 5.43. The van der Waals surface area contributed by atoms with Gasteiger partial charge in [-0.05, 0) is 0 Å². The average Bonchev–Trinajstić information content (AvgIpc) is 2.71. The van der Waals surface area contributed by atoms with Gasteiger partial charge in [-0.2, -0.15) is 13.2 Å². The molecule has 2 rings (SSSR count). The third-order valence-electron chi connectivity index (χ3n) is 2.96. The number of nitrogens with two attached hydrogens (primary N) is 1. The first kappa shape index (κ1) is 14.2. The molecule has 0 aromatic carbocycles. The van der Waals surface area contributed by atoms with Crippen molar-refractivity contribution in [2.45, 2.75) is 25.3 Å². The number of rotatable bonds is 4. The van der Waals surface area contributed by atoms with Gasteiger partial charge in [-0.15, -0.1) is 10.2 Å². The van der Waals surface area contributed by atoms with Gasteiger partial charge in [0.05, 0.1) is 13.2 Å². The minimum atomic E-state index is -4.46. The number of ether oxygens (including phenoxy) is 1. The first-order valence-corrected chi connectivity index (χ1v) is 5.88. The zero-order valence-electron chi connectivity index (χ0n) is 10.5. The van der Waals surface area contributed by atoms with E-state index in [4.69, 9.17) is 10.5 Å². The Balaban J connectivity index is 2.03. The van der Waals surface area contributed by atoms with Gasteiger partial charge in [0.1, 0.15) is 5.82 Å². The number of fused-ring (bicyclic) bond motifs is 1. The van der Waals surface area contributed by atoms with Crippen LogP contribution in [0.25, 0.3) is 0 Å². The van der Waals surface area contributed by atoms with Gasteiger partial charge < -0.3 is 15.0 Å². The molecule has 0 saturated carbocycles. The van der Waals surface area contributed by atoms with E-state index in [1.807, 2.05) is 4.90 Å². The van der Waals surface area contributed by atoms with E-state index >= 15 is 0 Å². The Morgan fingerprint density at radius 3 is 2.74 bits per heavy atom. The van der Waals surface area contributed by atoms with E-state index in [0.717, 1.165) is 4.57 Å². The highest BCUT2D eigenvalue weighted by atomic mass is 19.4. The van der Waals surface area contributed by atoms with E-state index in [1.54, 1.807) is 7.11 Å². The van der Waals surface area contributed by atoms with Crippen LogP contribution in [0.15, 0.2) is 0 Å². The molecule has 0 amide bonds. The topological polar surface area (TPSA) is 69.2 Å². The van der Waals surface area contributed by atoms with E-state index in [2.05, 4.69) is 10.2 Å². The molecule has 1 aliphatic rings. The third kappa shape index (κ3) is 3.23. The lowest BCUT2D eigenvalue weighted by atomic mass is 10.2. The largest absolute Gasteiger partial charge is 0.451 e. The Bertz CT molecular complexity index is 433. The summed E-state index contributed by atoms with van der Waals surface area (Å²) in [7, 11) is 1.56. The Morgan fingerprint density at radius 1 is 1.37 bits per heavy atom. The van der Waals surface area contributed by atoms with Crippen molar-refractivity contribution in [1.82, 2.24) is 19.7 Å². The van der Waals surface area contributed by atoms with Crippen LogP contribution in [0.2, 0.25) is 0 Å². The van der Waals surface area contributed by atoms with Crippen LogP contribution < -0.4 is 5.73 Å². The fourth-order valence-electron chi connectivity index (χ4n) is 2.17. The van der Waals surface area contributed by atoms with Gasteiger partial charge in [0.25, 0.3) is 0 Å². The predicted octanol–water partition coefficient (Wildman–Crippen LogP) is 0.0862. The molecule has 1 aliphatic heterocycles. The zero-order chi connectivity index (χ0) is 14.0. The van der Waals surface area contributed by atoms with E-state index in [9.17, 15) is 13.2 Å². The summed E-state index contributed by atoms with van der Waals surface area (Å²) in [6.45, 7) is 2.00. The van der Waals surface area contributed by atoms with Crippen LogP contribution in [-0.2, 0) is 24.0 Å². The number of nitrogens with zero attached hydrogens (tertiary/aromatic N) is 4. The number of hydrogen-bond acceptors (Lipinski definition) is 5. The second-order valence-electron chi connectivity index (χ2n) is 4.54. The summed E-state index contributed by atoms with van der Waals surface area (Å²) in [4.78, 5) is 1.95. The Kier molecular flexibility index (Phi) is 4.07. The summed E-state index contributed by atoms with van der Waals surface area (Å²) in [6, 6.07) is -0.165. The van der Waals surface area contributed by atoms with Gasteiger partial charge >= 0.3 is 6.18 Å². The quantitative estimate of drug-likeness (QED) is 0.845. The molecule has 19 heavy (non-hydrogen) atoms. The molecule has 2 heterocycles. The second-order valence-corrected chi connectivity index (χ2v) is 4.54. The highest BCUT2D eigenvalue weighted by Gasteiger charge is 2.39. The monoisotopic (exact) mass is 279 g/mol. The number of aromatic nitrogens is 3. The molecule has 0 aliphatic carbocycles. The molecule has 108 valence electrons. The Morgan fingerprint density at radius 2 is 2.11 bits per heavy atom. The molecule has 0 spiro atoms. The molecule has 6 nitrogen and oxygen atoms in total. The van der Waals surface area contributed by atoms with Crippen molar-refractivity contribution < 1.29 is 17.9 Å². The van der Waals surface area contributed by atoms with Crippen LogP contribution in [0.5, 0.6) is 0 Å². The molecular formula is C10H16F3N5O. The fraction of sp³-hybridized carbons (Fsp3) is 0.800. The van der Waals surface area contributed by atoms with Crippen molar-refractivity contribution in [2.24, 2.45) is 5.73 Å². The Labute approximate surface area is 108 Å². The van der Waals surface area contributed by atoms with E-state index in [0.29, 0.717) is 32.1 Å². The van der Waals surface area contributed by atoms with Crippen molar-refractivity contribution in [3.8, 4) is 0 Å². The normalized spacial score (nSPS) is 18.4. The highest BCUT2D eigenvalue weighted by molar-refractivity contribution is 5.02. The van der Waals surface area contributed by atoms with Crippen molar-refractivity contribution in [1.29, 1.82) is 0 Å². The van der Waals surface area contributed by atoms with Crippen LogP contribution in [0.4, 0.5) is 13.2 Å². The maximum absolute atomic E-state index is 12.6. The molecule has 0 saturated heterocycles. The summed E-state index contributed by atoms with van der Waals surface area (Å²) in [5, 5.41) is 6.83. The summed E-state index contributed by atoms with van der Waals surface area (Å²) in [5.74, 6) is -0.605. The number of hydrogen-bond donors (Lipinski definition) is 1. The van der Waals surface area contributed by atoms with Crippen molar-refractivity contribution in [2.75, 3.05) is 26.8 Å². The highest BCUT2D eigenvalue weighted by Crippen LogP contribution is 2.29. The summed E-state index contributed by atoms with van der Waals surface area (Å²) in [5.41, 5.74) is 5.82. The smallest absolute Gasteiger partial charge is 0.383 e. The lowest BCUT2D eigenvalue weighted by molar-refractivity contribution is -0.148. The molecular weight excluding hydrogens is 263 g/mol. The van der Waals surface area contributed by atoms with Gasteiger partial charge in [0, 0.05) is 32.8 Å². The third-order valence-corrected chi connectivity index (χ3v) is 2.96. The van der Waals surface area contributed by atoms with Gasteiger partial charge in [-0.1, -0.05) is 0 Å². The average molecular weight is 279 g/mol. The molecule has 2 N–H and O–H groups in total. The van der Waals surface area contributed by atoms with Gasteiger partial charge in [-0.25, -0.2) is 0 Å². The molecule has 1 atom stereocenters. The first-order chi connectivity index (χ1) is 8.91. The summed E-state index contributed by atoms with van der Waals surface area (Å²) in [6.07, 6.45) is -4.46. The molecule has 1 unspecified atom stereocenters. The van der Waals surface area contributed by atoms with Crippen molar-refractivity contribution in [3.63, 3.8) is 0 Å². The lowest BCUT2D eigenvalue weighted by Crippen LogP contribution is -2.44. The molecule has 0 radical (unpaired) electrons. The maximum Gasteiger partial charge on any atom is 0.451 e. The first-order valence-electron chi connectivity index (χ1n) is 5.88. The van der Waals surface area contributed by atoms with Crippen LogP contribution in [0.1, 0.15) is 11.6 Å². The van der Waals surface area contributed by atoms with Crippen molar-refractivity contribution in [3.05, 3.63) is 11.6 Å². The number of halogens is 3. The number of alkyl halides is 3. The zero-order valence-corrected chi connectivity index (χ0v) is 10.5. The summed E-state index contributed by atoms with van der Waals surface area (Å²) < 4.78 is 44.0. The van der Waals surface area contributed by atoms with E-state index < -0.39 is 12.0 Å². The van der Waals surface area contributed by atoms with E-state index in [1.165, 1.54) is 0 Å². The predicted molar refractivity (Wildman–Crippen MR) is 60.2 cm³/mol. The minimum absolute atomic E-state index is 0.165. The molecule has 1 aromatic rings. The van der Waals surface area contributed by atoms with Crippen molar-refractivity contribution >= 4 is 0 Å². The number of methoxy groups -OCH3 is 1. The molecule has 9 heteroatoms. The fourth-order valence-corrected chi connectivity index (χ4v) is 2.17.